The Kier molecular flexibility index (Phi) is 4.57. The van der Waals surface area contributed by atoms with Gasteiger partial charge in [-0.15, -0.1) is 5.10 Å². The van der Waals surface area contributed by atoms with Crippen LogP contribution in [0.15, 0.2) is 24.3 Å². The van der Waals surface area contributed by atoms with E-state index in [1.165, 1.54) is 0 Å². The van der Waals surface area contributed by atoms with Crippen molar-refractivity contribution in [1.82, 2.24) is 14.8 Å². The molecule has 0 saturated carbocycles. The molecule has 0 fully saturated rings. The zero-order valence-electron chi connectivity index (χ0n) is 12.8. The number of benzene rings is 1. The van der Waals surface area contributed by atoms with E-state index in [0.717, 1.165) is 17.1 Å². The summed E-state index contributed by atoms with van der Waals surface area (Å²) in [5, 5.41) is 7.03. The summed E-state index contributed by atoms with van der Waals surface area (Å²) in [6.07, 6.45) is 0. The van der Waals surface area contributed by atoms with Gasteiger partial charge in [-0.05, 0) is 31.2 Å². The van der Waals surface area contributed by atoms with E-state index in [2.05, 4.69) is 15.4 Å². The number of hydrogen-bond acceptors (Lipinski definition) is 4. The topological polar surface area (TPSA) is 69.0 Å². The number of rotatable bonds is 5. The highest BCUT2D eigenvalue weighted by molar-refractivity contribution is 5.90. The number of nitrogens with zero attached hydrogens (tertiary/aromatic N) is 3. The Morgan fingerprint density at radius 3 is 2.52 bits per heavy atom. The number of hydrogen-bond donors (Lipinski definition) is 1. The number of aryl methyl sites for hydroxylation is 1. The van der Waals surface area contributed by atoms with Crippen molar-refractivity contribution in [2.75, 3.05) is 12.4 Å². The molecule has 2 rings (SSSR count). The molecule has 0 bridgehead atoms. The summed E-state index contributed by atoms with van der Waals surface area (Å²) in [6, 6.07) is 7.58. The van der Waals surface area contributed by atoms with Crippen molar-refractivity contribution in [2.24, 2.45) is 5.92 Å². The first-order valence-electron chi connectivity index (χ1n) is 6.95. The number of carbonyl (C=O) groups excluding carboxylic acids is 1. The van der Waals surface area contributed by atoms with Gasteiger partial charge in [-0.2, -0.15) is 4.98 Å². The van der Waals surface area contributed by atoms with Gasteiger partial charge in [-0.3, -0.25) is 10.1 Å². The van der Waals surface area contributed by atoms with Crippen LogP contribution in [-0.2, 0) is 11.3 Å². The van der Waals surface area contributed by atoms with E-state index in [0.29, 0.717) is 12.5 Å². The standard InChI is InChI=1S/C15H20N4O2/c1-5-19-13(11-6-8-12(21-4)9-7-11)16-15(18-19)17-14(20)10(2)3/h6-10H,5H2,1-4H3,(H,17,18,20). The fourth-order valence-corrected chi connectivity index (χ4v) is 1.82. The van der Waals surface area contributed by atoms with E-state index in [1.54, 1.807) is 11.8 Å². The van der Waals surface area contributed by atoms with Crippen LogP contribution in [0.1, 0.15) is 20.8 Å². The normalized spacial score (nSPS) is 10.7. The van der Waals surface area contributed by atoms with Crippen molar-refractivity contribution in [1.29, 1.82) is 0 Å². The fourth-order valence-electron chi connectivity index (χ4n) is 1.82. The van der Waals surface area contributed by atoms with E-state index < -0.39 is 0 Å². The fraction of sp³-hybridized carbons (Fsp3) is 0.400. The van der Waals surface area contributed by atoms with Crippen molar-refractivity contribution < 1.29 is 9.53 Å². The predicted octanol–water partition coefficient (Wildman–Crippen LogP) is 2.57. The lowest BCUT2D eigenvalue weighted by molar-refractivity contribution is -0.118. The zero-order valence-corrected chi connectivity index (χ0v) is 12.8. The molecular formula is C15H20N4O2. The van der Waals surface area contributed by atoms with E-state index >= 15 is 0 Å². The second-order valence-corrected chi connectivity index (χ2v) is 4.95. The van der Waals surface area contributed by atoms with Gasteiger partial charge in [0.1, 0.15) is 5.75 Å². The number of anilines is 1. The molecule has 0 aliphatic rings. The first-order chi connectivity index (χ1) is 10.0. The molecule has 1 N–H and O–H groups in total. The van der Waals surface area contributed by atoms with Crippen LogP contribution in [0.3, 0.4) is 0 Å². The first-order valence-corrected chi connectivity index (χ1v) is 6.95. The predicted molar refractivity (Wildman–Crippen MR) is 81.2 cm³/mol. The largest absolute Gasteiger partial charge is 0.497 e. The van der Waals surface area contributed by atoms with Gasteiger partial charge in [0.15, 0.2) is 5.82 Å². The maximum Gasteiger partial charge on any atom is 0.249 e. The van der Waals surface area contributed by atoms with Crippen molar-refractivity contribution >= 4 is 11.9 Å². The number of ether oxygens (including phenoxy) is 1. The van der Waals surface area contributed by atoms with Crippen LogP contribution in [-0.4, -0.2) is 27.8 Å². The average Bonchev–Trinajstić information content (AvgIpc) is 2.90. The molecule has 0 aliphatic carbocycles. The highest BCUT2D eigenvalue weighted by Crippen LogP contribution is 2.22. The quantitative estimate of drug-likeness (QED) is 0.918. The van der Waals surface area contributed by atoms with Crippen molar-refractivity contribution in [3.63, 3.8) is 0 Å². The lowest BCUT2D eigenvalue weighted by Gasteiger charge is -2.03. The number of amides is 1. The summed E-state index contributed by atoms with van der Waals surface area (Å²) >= 11 is 0. The molecule has 112 valence electrons. The Hall–Kier alpha value is -2.37. The van der Waals surface area contributed by atoms with Crippen molar-refractivity contribution in [3.8, 4) is 17.1 Å². The molecule has 1 aromatic heterocycles. The zero-order chi connectivity index (χ0) is 15.4. The molecule has 0 radical (unpaired) electrons. The van der Waals surface area contributed by atoms with Gasteiger partial charge in [0.05, 0.1) is 7.11 Å². The monoisotopic (exact) mass is 288 g/mol. The molecule has 6 nitrogen and oxygen atoms in total. The molecule has 2 aromatic rings. The molecule has 0 aliphatic heterocycles. The van der Waals surface area contributed by atoms with Crippen LogP contribution in [0.4, 0.5) is 5.95 Å². The van der Waals surface area contributed by atoms with Crippen LogP contribution in [0.5, 0.6) is 5.75 Å². The van der Waals surface area contributed by atoms with Gasteiger partial charge >= 0.3 is 0 Å². The van der Waals surface area contributed by atoms with Gasteiger partial charge in [0.2, 0.25) is 11.9 Å². The highest BCUT2D eigenvalue weighted by atomic mass is 16.5. The third kappa shape index (κ3) is 3.39. The molecule has 0 saturated heterocycles. The molecule has 21 heavy (non-hydrogen) atoms. The minimum atomic E-state index is -0.108. The summed E-state index contributed by atoms with van der Waals surface area (Å²) in [6.45, 7) is 6.31. The minimum Gasteiger partial charge on any atom is -0.497 e. The SMILES string of the molecule is CCn1nc(NC(=O)C(C)C)nc1-c1ccc(OC)cc1. The number of carbonyl (C=O) groups is 1. The van der Waals surface area contributed by atoms with Crippen LogP contribution >= 0.6 is 0 Å². The van der Waals surface area contributed by atoms with Crippen molar-refractivity contribution in [2.45, 2.75) is 27.3 Å². The Morgan fingerprint density at radius 1 is 1.33 bits per heavy atom. The molecule has 0 spiro atoms. The summed E-state index contributed by atoms with van der Waals surface area (Å²) in [7, 11) is 1.63. The van der Waals surface area contributed by atoms with Crippen LogP contribution in [0.2, 0.25) is 0 Å². The average molecular weight is 288 g/mol. The third-order valence-electron chi connectivity index (χ3n) is 3.08. The molecule has 0 unspecified atom stereocenters. The maximum atomic E-state index is 11.7. The smallest absolute Gasteiger partial charge is 0.249 e. The summed E-state index contributed by atoms with van der Waals surface area (Å²) in [5.74, 6) is 1.64. The second kappa shape index (κ2) is 6.39. The summed E-state index contributed by atoms with van der Waals surface area (Å²) in [5.41, 5.74) is 0.926. The third-order valence-corrected chi connectivity index (χ3v) is 3.08. The highest BCUT2D eigenvalue weighted by Gasteiger charge is 2.14. The molecule has 6 heteroatoms. The van der Waals surface area contributed by atoms with E-state index in [4.69, 9.17) is 4.74 Å². The Bertz CT molecular complexity index is 617. The Morgan fingerprint density at radius 2 is 2.00 bits per heavy atom. The second-order valence-electron chi connectivity index (χ2n) is 4.95. The number of methoxy groups -OCH3 is 1. The lowest BCUT2D eigenvalue weighted by atomic mass is 10.2. The van der Waals surface area contributed by atoms with Gasteiger partial charge in [-0.1, -0.05) is 13.8 Å². The molecule has 1 aromatic carbocycles. The Balaban J connectivity index is 2.30. The first kappa shape index (κ1) is 15.0. The van der Waals surface area contributed by atoms with Crippen molar-refractivity contribution in [3.05, 3.63) is 24.3 Å². The Labute approximate surface area is 124 Å². The number of nitrogens with one attached hydrogen (secondary N) is 1. The van der Waals surface area contributed by atoms with Gasteiger partial charge < -0.3 is 4.74 Å². The number of aromatic nitrogens is 3. The molecular weight excluding hydrogens is 268 g/mol. The van der Waals surface area contributed by atoms with Crippen LogP contribution in [0, 0.1) is 5.92 Å². The van der Waals surface area contributed by atoms with Crippen LogP contribution < -0.4 is 10.1 Å². The maximum absolute atomic E-state index is 11.7. The van der Waals surface area contributed by atoms with E-state index in [9.17, 15) is 4.79 Å². The summed E-state index contributed by atoms with van der Waals surface area (Å²) < 4.78 is 6.91. The van der Waals surface area contributed by atoms with Gasteiger partial charge in [0.25, 0.3) is 0 Å². The lowest BCUT2D eigenvalue weighted by Crippen LogP contribution is -2.18. The molecule has 1 amide bonds. The minimum absolute atomic E-state index is 0.0930. The molecule has 0 atom stereocenters. The summed E-state index contributed by atoms with van der Waals surface area (Å²) in [4.78, 5) is 16.1. The van der Waals surface area contributed by atoms with E-state index in [1.807, 2.05) is 45.0 Å². The van der Waals surface area contributed by atoms with E-state index in [-0.39, 0.29) is 11.8 Å². The molecule has 1 heterocycles. The van der Waals surface area contributed by atoms with Crippen LogP contribution in [0.25, 0.3) is 11.4 Å². The van der Waals surface area contributed by atoms with Gasteiger partial charge in [0, 0.05) is 18.0 Å². The van der Waals surface area contributed by atoms with Gasteiger partial charge in [-0.25, -0.2) is 4.68 Å².